The number of allylic oxidation sites excluding steroid dienone is 4. The Morgan fingerprint density at radius 2 is 2.06 bits per heavy atom. The first-order valence-electron chi connectivity index (χ1n) is 6.37. The summed E-state index contributed by atoms with van der Waals surface area (Å²) in [5.74, 6) is 0.667. The maximum Gasteiger partial charge on any atom is 0.0658 e. The van der Waals surface area contributed by atoms with E-state index in [1.165, 1.54) is 12.0 Å². The van der Waals surface area contributed by atoms with Gasteiger partial charge in [0.1, 0.15) is 0 Å². The van der Waals surface area contributed by atoms with Gasteiger partial charge < -0.3 is 0 Å². The first-order valence-corrected chi connectivity index (χ1v) is 6.37. The Labute approximate surface area is 101 Å². The van der Waals surface area contributed by atoms with Crippen LogP contribution < -0.4 is 0 Å². The van der Waals surface area contributed by atoms with Crippen LogP contribution in [0, 0.1) is 23.2 Å². The SMILES string of the molecule is CC=C(/C=C\CCC(C#N)C(C)C)CCC. The van der Waals surface area contributed by atoms with Crippen LogP contribution in [0.3, 0.4) is 0 Å². The van der Waals surface area contributed by atoms with Gasteiger partial charge in [0.2, 0.25) is 0 Å². The van der Waals surface area contributed by atoms with E-state index in [0.717, 1.165) is 19.3 Å². The van der Waals surface area contributed by atoms with E-state index < -0.39 is 0 Å². The molecule has 0 aromatic carbocycles. The molecule has 0 bridgehead atoms. The predicted octanol–water partition coefficient (Wildman–Crippen LogP) is 4.86. The van der Waals surface area contributed by atoms with Crippen molar-refractivity contribution in [3.8, 4) is 6.07 Å². The smallest absolute Gasteiger partial charge is 0.0658 e. The van der Waals surface area contributed by atoms with Gasteiger partial charge in [0, 0.05) is 5.92 Å². The first-order chi connectivity index (χ1) is 7.65. The molecule has 1 heteroatoms. The second-order valence-electron chi connectivity index (χ2n) is 4.57. The molecule has 0 rings (SSSR count). The van der Waals surface area contributed by atoms with Crippen LogP contribution in [0.15, 0.2) is 23.8 Å². The standard InChI is InChI=1S/C15H25N/c1-5-9-14(6-2)10-7-8-11-15(12-16)13(3)4/h6-7,10,13,15H,5,8-9,11H2,1-4H3/b10-7-,14-6?. The van der Waals surface area contributed by atoms with Crippen molar-refractivity contribution in [3.63, 3.8) is 0 Å². The molecule has 0 radical (unpaired) electrons. The molecule has 0 N–H and O–H groups in total. The van der Waals surface area contributed by atoms with E-state index >= 15 is 0 Å². The average Bonchev–Trinajstić information content (AvgIpc) is 2.27. The third kappa shape index (κ3) is 6.45. The maximum absolute atomic E-state index is 8.95. The highest BCUT2D eigenvalue weighted by molar-refractivity contribution is 5.17. The molecule has 0 spiro atoms. The van der Waals surface area contributed by atoms with Crippen molar-refractivity contribution in [3.05, 3.63) is 23.8 Å². The largest absolute Gasteiger partial charge is 0.198 e. The van der Waals surface area contributed by atoms with Crippen LogP contribution in [0.4, 0.5) is 0 Å². The van der Waals surface area contributed by atoms with Crippen LogP contribution in [-0.2, 0) is 0 Å². The number of nitriles is 1. The summed E-state index contributed by atoms with van der Waals surface area (Å²) in [7, 11) is 0. The quantitative estimate of drug-likeness (QED) is 0.561. The summed E-state index contributed by atoms with van der Waals surface area (Å²) in [6.45, 7) is 8.52. The van der Waals surface area contributed by atoms with Gasteiger partial charge >= 0.3 is 0 Å². The molecule has 1 nitrogen and oxygen atoms in total. The van der Waals surface area contributed by atoms with E-state index in [2.05, 4.69) is 52.0 Å². The van der Waals surface area contributed by atoms with E-state index in [9.17, 15) is 0 Å². The highest BCUT2D eigenvalue weighted by Gasteiger charge is 2.10. The summed E-state index contributed by atoms with van der Waals surface area (Å²) in [6.07, 6.45) is 10.9. The molecule has 0 heterocycles. The lowest BCUT2D eigenvalue weighted by Gasteiger charge is -2.10. The van der Waals surface area contributed by atoms with Crippen LogP contribution >= 0.6 is 0 Å². The maximum atomic E-state index is 8.95. The summed E-state index contributed by atoms with van der Waals surface area (Å²) in [5, 5.41) is 8.95. The summed E-state index contributed by atoms with van der Waals surface area (Å²) in [5.41, 5.74) is 1.40. The minimum Gasteiger partial charge on any atom is -0.198 e. The van der Waals surface area contributed by atoms with Crippen LogP contribution in [0.5, 0.6) is 0 Å². The third-order valence-corrected chi connectivity index (χ3v) is 2.86. The van der Waals surface area contributed by atoms with Gasteiger partial charge in [0.15, 0.2) is 0 Å². The number of nitrogens with zero attached hydrogens (tertiary/aromatic N) is 1. The monoisotopic (exact) mass is 219 g/mol. The Morgan fingerprint density at radius 1 is 1.38 bits per heavy atom. The lowest BCUT2D eigenvalue weighted by molar-refractivity contribution is 0.450. The number of hydrogen-bond donors (Lipinski definition) is 0. The van der Waals surface area contributed by atoms with Gasteiger partial charge in [-0.25, -0.2) is 0 Å². The van der Waals surface area contributed by atoms with Crippen molar-refractivity contribution in [1.29, 1.82) is 5.26 Å². The minimum atomic E-state index is 0.199. The van der Waals surface area contributed by atoms with Crippen molar-refractivity contribution in [2.24, 2.45) is 11.8 Å². The molecule has 16 heavy (non-hydrogen) atoms. The van der Waals surface area contributed by atoms with E-state index in [-0.39, 0.29) is 5.92 Å². The molecule has 0 aromatic rings. The Bertz CT molecular complexity index is 266. The molecule has 90 valence electrons. The van der Waals surface area contributed by atoms with Crippen LogP contribution in [0.1, 0.15) is 53.4 Å². The lowest BCUT2D eigenvalue weighted by atomic mass is 9.92. The fraction of sp³-hybridized carbons (Fsp3) is 0.667. The van der Waals surface area contributed by atoms with Crippen molar-refractivity contribution in [2.75, 3.05) is 0 Å². The molecular formula is C15H25N. The van der Waals surface area contributed by atoms with Gasteiger partial charge in [0.25, 0.3) is 0 Å². The Kier molecular flexibility index (Phi) is 8.62. The molecule has 0 aliphatic carbocycles. The molecule has 0 saturated carbocycles. The van der Waals surface area contributed by atoms with E-state index in [4.69, 9.17) is 5.26 Å². The third-order valence-electron chi connectivity index (χ3n) is 2.86. The zero-order valence-corrected chi connectivity index (χ0v) is 11.2. The van der Waals surface area contributed by atoms with Crippen molar-refractivity contribution in [1.82, 2.24) is 0 Å². The van der Waals surface area contributed by atoms with Crippen LogP contribution in [0.25, 0.3) is 0 Å². The molecular weight excluding hydrogens is 194 g/mol. The Hall–Kier alpha value is -1.03. The Balaban J connectivity index is 3.97. The fourth-order valence-corrected chi connectivity index (χ4v) is 1.67. The van der Waals surface area contributed by atoms with Crippen molar-refractivity contribution < 1.29 is 0 Å². The van der Waals surface area contributed by atoms with Gasteiger partial charge in [-0.05, 0) is 32.1 Å². The van der Waals surface area contributed by atoms with Gasteiger partial charge in [-0.2, -0.15) is 5.26 Å². The molecule has 0 amide bonds. The first kappa shape index (κ1) is 15.0. The highest BCUT2D eigenvalue weighted by atomic mass is 14.3. The molecule has 1 atom stereocenters. The van der Waals surface area contributed by atoms with Crippen molar-refractivity contribution >= 4 is 0 Å². The molecule has 1 unspecified atom stereocenters. The fourth-order valence-electron chi connectivity index (χ4n) is 1.67. The number of rotatable bonds is 7. The molecule has 0 aromatic heterocycles. The number of hydrogen-bond acceptors (Lipinski definition) is 1. The Morgan fingerprint density at radius 3 is 2.50 bits per heavy atom. The lowest BCUT2D eigenvalue weighted by Crippen LogP contribution is -2.04. The van der Waals surface area contributed by atoms with Crippen LogP contribution in [-0.4, -0.2) is 0 Å². The molecule has 0 aliphatic heterocycles. The second-order valence-corrected chi connectivity index (χ2v) is 4.57. The second kappa shape index (κ2) is 9.21. The molecule has 0 aliphatic rings. The van der Waals surface area contributed by atoms with E-state index in [0.29, 0.717) is 5.92 Å². The highest BCUT2D eigenvalue weighted by Crippen LogP contribution is 2.16. The molecule has 0 fully saturated rings. The average molecular weight is 219 g/mol. The van der Waals surface area contributed by atoms with Gasteiger partial charge in [-0.1, -0.05) is 51.0 Å². The van der Waals surface area contributed by atoms with Crippen molar-refractivity contribution in [2.45, 2.75) is 53.4 Å². The zero-order valence-electron chi connectivity index (χ0n) is 11.2. The molecule has 0 saturated heterocycles. The van der Waals surface area contributed by atoms with Crippen LogP contribution in [0.2, 0.25) is 0 Å². The predicted molar refractivity (Wildman–Crippen MR) is 71.0 cm³/mol. The van der Waals surface area contributed by atoms with E-state index in [1.54, 1.807) is 0 Å². The summed E-state index contributed by atoms with van der Waals surface area (Å²) >= 11 is 0. The minimum absolute atomic E-state index is 0.199. The summed E-state index contributed by atoms with van der Waals surface area (Å²) < 4.78 is 0. The summed E-state index contributed by atoms with van der Waals surface area (Å²) in [6, 6.07) is 2.38. The summed E-state index contributed by atoms with van der Waals surface area (Å²) in [4.78, 5) is 0. The van der Waals surface area contributed by atoms with Gasteiger partial charge in [0.05, 0.1) is 6.07 Å². The van der Waals surface area contributed by atoms with E-state index in [1.807, 2.05) is 0 Å². The van der Waals surface area contributed by atoms with Gasteiger partial charge in [-0.3, -0.25) is 0 Å². The normalized spacial score (nSPS) is 14.4. The van der Waals surface area contributed by atoms with Gasteiger partial charge in [-0.15, -0.1) is 0 Å². The zero-order chi connectivity index (χ0) is 12.4. The topological polar surface area (TPSA) is 23.8 Å².